The zero-order chi connectivity index (χ0) is 10.8. The lowest BCUT2D eigenvalue weighted by molar-refractivity contribution is -0.134. The molecule has 1 heterocycles. The van der Waals surface area contributed by atoms with Crippen LogP contribution in [0.25, 0.3) is 0 Å². The van der Waals surface area contributed by atoms with Gasteiger partial charge >= 0.3 is 11.9 Å². The van der Waals surface area contributed by atoms with Gasteiger partial charge in [-0.3, -0.25) is 4.79 Å². The predicted octanol–water partition coefficient (Wildman–Crippen LogP) is 1.63. The highest BCUT2D eigenvalue weighted by molar-refractivity contribution is 5.92. The number of fused-ring (bicyclic) bond motifs is 1. The summed E-state index contributed by atoms with van der Waals surface area (Å²) in [6.07, 6.45) is 1.73. The van der Waals surface area contributed by atoms with Gasteiger partial charge in [-0.25, -0.2) is 4.79 Å². The van der Waals surface area contributed by atoms with Crippen molar-refractivity contribution in [1.82, 2.24) is 0 Å². The zero-order valence-corrected chi connectivity index (χ0v) is 8.03. The minimum Gasteiger partial charge on any atom is -0.478 e. The zero-order valence-electron chi connectivity index (χ0n) is 8.03. The van der Waals surface area contributed by atoms with Crippen LogP contribution in [0, 0.1) is 0 Å². The molecule has 0 saturated heterocycles. The number of carboxylic acids is 1. The van der Waals surface area contributed by atoms with E-state index in [0.29, 0.717) is 19.3 Å². The second-order valence-corrected chi connectivity index (χ2v) is 3.43. The number of para-hydroxylation sites is 1. The lowest BCUT2D eigenvalue weighted by Crippen LogP contribution is -2.09. The van der Waals surface area contributed by atoms with Gasteiger partial charge in [0.1, 0.15) is 11.3 Å². The van der Waals surface area contributed by atoms with Crippen molar-refractivity contribution in [2.75, 3.05) is 0 Å². The summed E-state index contributed by atoms with van der Waals surface area (Å²) in [6, 6.07) is 4.90. The molecule has 0 unspecified atom stereocenters. The molecule has 1 N–H and O–H groups in total. The van der Waals surface area contributed by atoms with Crippen LogP contribution in [0.5, 0.6) is 5.75 Å². The van der Waals surface area contributed by atoms with E-state index in [2.05, 4.69) is 0 Å². The highest BCUT2D eigenvalue weighted by atomic mass is 16.5. The van der Waals surface area contributed by atoms with Gasteiger partial charge in [-0.1, -0.05) is 12.1 Å². The Hall–Kier alpha value is -1.84. The highest BCUT2D eigenvalue weighted by Crippen LogP contribution is 2.28. The van der Waals surface area contributed by atoms with Crippen LogP contribution in [0.2, 0.25) is 0 Å². The Morgan fingerprint density at radius 2 is 2.13 bits per heavy atom. The van der Waals surface area contributed by atoms with E-state index in [4.69, 9.17) is 9.84 Å². The number of carbonyl (C=O) groups excluding carboxylic acids is 1. The summed E-state index contributed by atoms with van der Waals surface area (Å²) in [6.45, 7) is 0. The number of carboxylic acid groups (broad SMARTS) is 1. The van der Waals surface area contributed by atoms with Crippen LogP contribution in [0.3, 0.4) is 0 Å². The van der Waals surface area contributed by atoms with E-state index in [1.807, 2.05) is 0 Å². The lowest BCUT2D eigenvalue weighted by Gasteiger charge is -2.08. The molecule has 1 aliphatic heterocycles. The Bertz CT molecular complexity index is 423. The van der Waals surface area contributed by atoms with Gasteiger partial charge in [0, 0.05) is 6.42 Å². The molecule has 0 saturated carbocycles. The van der Waals surface area contributed by atoms with Crippen molar-refractivity contribution in [3.05, 3.63) is 29.3 Å². The van der Waals surface area contributed by atoms with Crippen LogP contribution in [-0.2, 0) is 11.2 Å². The quantitative estimate of drug-likeness (QED) is 0.560. The van der Waals surface area contributed by atoms with Crippen LogP contribution in [0.4, 0.5) is 0 Å². The van der Waals surface area contributed by atoms with Crippen LogP contribution in [-0.4, -0.2) is 17.0 Å². The van der Waals surface area contributed by atoms with Gasteiger partial charge in [0.15, 0.2) is 0 Å². The normalized spacial score (nSPS) is 15.1. The number of hydrogen-bond acceptors (Lipinski definition) is 3. The molecule has 1 aromatic carbocycles. The van der Waals surface area contributed by atoms with Crippen LogP contribution in [0.1, 0.15) is 28.8 Å². The van der Waals surface area contributed by atoms with Crippen LogP contribution < -0.4 is 4.74 Å². The number of esters is 1. The second kappa shape index (κ2) is 3.73. The third kappa shape index (κ3) is 1.83. The van der Waals surface area contributed by atoms with Crippen LogP contribution in [0.15, 0.2) is 18.2 Å². The third-order valence-electron chi connectivity index (χ3n) is 2.37. The fourth-order valence-corrected chi connectivity index (χ4v) is 1.66. The van der Waals surface area contributed by atoms with Gasteiger partial charge in [-0.05, 0) is 24.5 Å². The molecule has 0 bridgehead atoms. The van der Waals surface area contributed by atoms with E-state index in [0.717, 1.165) is 5.56 Å². The molecule has 4 heteroatoms. The van der Waals surface area contributed by atoms with Crippen molar-refractivity contribution in [2.24, 2.45) is 0 Å². The topological polar surface area (TPSA) is 63.6 Å². The van der Waals surface area contributed by atoms with Crippen molar-refractivity contribution in [1.29, 1.82) is 0 Å². The van der Waals surface area contributed by atoms with Crippen molar-refractivity contribution in [2.45, 2.75) is 19.3 Å². The van der Waals surface area contributed by atoms with Crippen molar-refractivity contribution < 1.29 is 19.4 Å². The molecule has 78 valence electrons. The van der Waals surface area contributed by atoms with E-state index < -0.39 is 5.97 Å². The number of carbonyl (C=O) groups is 2. The van der Waals surface area contributed by atoms with Gasteiger partial charge < -0.3 is 9.84 Å². The van der Waals surface area contributed by atoms with Crippen molar-refractivity contribution in [3.8, 4) is 5.75 Å². The summed E-state index contributed by atoms with van der Waals surface area (Å²) < 4.78 is 5.03. The molecule has 0 fully saturated rings. The maximum atomic E-state index is 11.2. The molecule has 0 aliphatic carbocycles. The largest absolute Gasteiger partial charge is 0.478 e. The van der Waals surface area contributed by atoms with E-state index in [1.54, 1.807) is 12.1 Å². The first kappa shape index (κ1) is 9.71. The smallest absolute Gasteiger partial charge is 0.339 e. The summed E-state index contributed by atoms with van der Waals surface area (Å²) in [5.41, 5.74) is 0.850. The minimum absolute atomic E-state index is 0.0581. The van der Waals surface area contributed by atoms with Crippen LogP contribution >= 0.6 is 0 Å². The molecule has 0 radical (unpaired) electrons. The molecule has 1 aromatic rings. The number of benzene rings is 1. The Labute approximate surface area is 86.5 Å². The van der Waals surface area contributed by atoms with E-state index in [-0.39, 0.29) is 17.3 Å². The number of ether oxygens (including phenoxy) is 1. The van der Waals surface area contributed by atoms with Crippen molar-refractivity contribution in [3.63, 3.8) is 0 Å². The molecule has 15 heavy (non-hydrogen) atoms. The number of rotatable bonds is 1. The average molecular weight is 206 g/mol. The summed E-state index contributed by atoms with van der Waals surface area (Å²) in [5.74, 6) is -1.21. The first-order chi connectivity index (χ1) is 7.18. The maximum absolute atomic E-state index is 11.2. The Kier molecular flexibility index (Phi) is 2.41. The predicted molar refractivity (Wildman–Crippen MR) is 52.0 cm³/mol. The van der Waals surface area contributed by atoms with Gasteiger partial charge in [0.05, 0.1) is 0 Å². The second-order valence-electron chi connectivity index (χ2n) is 3.43. The van der Waals surface area contributed by atoms with E-state index in [1.165, 1.54) is 6.07 Å². The van der Waals surface area contributed by atoms with E-state index in [9.17, 15) is 9.59 Å². The number of aromatic carboxylic acids is 1. The van der Waals surface area contributed by atoms with Gasteiger partial charge in [0.25, 0.3) is 0 Å². The molecule has 0 aromatic heterocycles. The van der Waals surface area contributed by atoms with Gasteiger partial charge in [-0.15, -0.1) is 0 Å². The van der Waals surface area contributed by atoms with Crippen molar-refractivity contribution >= 4 is 11.9 Å². The fraction of sp³-hybridized carbons (Fsp3) is 0.273. The third-order valence-corrected chi connectivity index (χ3v) is 2.37. The first-order valence-electron chi connectivity index (χ1n) is 4.74. The summed E-state index contributed by atoms with van der Waals surface area (Å²) in [7, 11) is 0. The number of aryl methyl sites for hydroxylation is 1. The number of hydrogen-bond donors (Lipinski definition) is 1. The summed E-state index contributed by atoms with van der Waals surface area (Å²) in [5, 5.41) is 8.93. The molecule has 0 spiro atoms. The molecule has 0 atom stereocenters. The van der Waals surface area contributed by atoms with Gasteiger partial charge in [-0.2, -0.15) is 0 Å². The first-order valence-corrected chi connectivity index (χ1v) is 4.74. The molecular weight excluding hydrogens is 196 g/mol. The minimum atomic E-state index is -1.07. The standard InChI is InChI=1S/C11H10O4/c12-9-6-2-4-7-3-1-5-8(11(13)14)10(7)15-9/h1,3,5H,2,4,6H2,(H,13,14). The molecule has 4 nitrogen and oxygen atoms in total. The average Bonchev–Trinajstić information content (AvgIpc) is 2.37. The fourth-order valence-electron chi connectivity index (χ4n) is 1.66. The molecule has 0 amide bonds. The Balaban J connectivity index is 2.52. The molecular formula is C11H10O4. The lowest BCUT2D eigenvalue weighted by atomic mass is 10.0. The maximum Gasteiger partial charge on any atom is 0.339 e. The monoisotopic (exact) mass is 206 g/mol. The Morgan fingerprint density at radius 3 is 2.87 bits per heavy atom. The molecule has 2 rings (SSSR count). The van der Waals surface area contributed by atoms with E-state index >= 15 is 0 Å². The van der Waals surface area contributed by atoms with Gasteiger partial charge in [0.2, 0.25) is 0 Å². The summed E-state index contributed by atoms with van der Waals surface area (Å²) in [4.78, 5) is 22.1. The molecule has 1 aliphatic rings. The SMILES string of the molecule is O=C1CCCc2cccc(C(=O)O)c2O1. The summed E-state index contributed by atoms with van der Waals surface area (Å²) >= 11 is 0. The Morgan fingerprint density at radius 1 is 1.33 bits per heavy atom. The highest BCUT2D eigenvalue weighted by Gasteiger charge is 2.20.